The fourth-order valence-electron chi connectivity index (χ4n) is 2.98. The van der Waals surface area contributed by atoms with Crippen LogP contribution in [-0.2, 0) is 17.8 Å². The quantitative estimate of drug-likeness (QED) is 0.571. The molecule has 0 bridgehead atoms. The molecule has 0 fully saturated rings. The first kappa shape index (κ1) is 17.4. The summed E-state index contributed by atoms with van der Waals surface area (Å²) in [6.45, 7) is 4.38. The minimum Gasteiger partial charge on any atom is -0.356 e. The fraction of sp³-hybridized carbons (Fsp3) is 0.200. The van der Waals surface area contributed by atoms with Gasteiger partial charge in [0.25, 0.3) is 0 Å². The lowest BCUT2D eigenvalue weighted by molar-refractivity contribution is -0.120. The zero-order valence-electron chi connectivity index (χ0n) is 15.0. The molecule has 1 amide bonds. The summed E-state index contributed by atoms with van der Waals surface area (Å²) in [4.78, 5) is 21.0. The van der Waals surface area contributed by atoms with Gasteiger partial charge >= 0.3 is 0 Å². The molecule has 7 heteroatoms. The van der Waals surface area contributed by atoms with Crippen LogP contribution in [0.2, 0.25) is 0 Å². The van der Waals surface area contributed by atoms with Crippen molar-refractivity contribution in [2.45, 2.75) is 26.8 Å². The third-order valence-electron chi connectivity index (χ3n) is 4.23. The van der Waals surface area contributed by atoms with E-state index in [1.165, 1.54) is 11.3 Å². The molecule has 0 saturated heterocycles. The molecule has 4 aromatic rings. The van der Waals surface area contributed by atoms with Crippen LogP contribution in [0.15, 0.2) is 46.6 Å². The van der Waals surface area contributed by atoms with Crippen molar-refractivity contribution < 1.29 is 9.32 Å². The molecule has 27 heavy (non-hydrogen) atoms. The summed E-state index contributed by atoms with van der Waals surface area (Å²) < 4.78 is 5.40. The van der Waals surface area contributed by atoms with Gasteiger partial charge in [0.15, 0.2) is 5.58 Å². The summed E-state index contributed by atoms with van der Waals surface area (Å²) in [6.07, 6.45) is 3.69. The van der Waals surface area contributed by atoms with E-state index in [9.17, 15) is 4.79 Å². The van der Waals surface area contributed by atoms with E-state index in [0.29, 0.717) is 12.2 Å². The molecule has 6 nitrogen and oxygen atoms in total. The van der Waals surface area contributed by atoms with Crippen LogP contribution in [-0.4, -0.2) is 21.0 Å². The number of carbonyl (C=O) groups excluding carboxylic acids is 1. The van der Waals surface area contributed by atoms with Gasteiger partial charge in [-0.2, -0.15) is 0 Å². The van der Waals surface area contributed by atoms with Crippen molar-refractivity contribution in [2.75, 3.05) is 0 Å². The average molecular weight is 378 g/mol. The Morgan fingerprint density at radius 3 is 3.00 bits per heavy atom. The molecule has 0 aliphatic carbocycles. The predicted octanol–water partition coefficient (Wildman–Crippen LogP) is 3.82. The number of aromatic nitrogens is 3. The van der Waals surface area contributed by atoms with Gasteiger partial charge in [0.1, 0.15) is 10.7 Å². The number of rotatable bonds is 5. The van der Waals surface area contributed by atoms with Crippen molar-refractivity contribution in [3.05, 3.63) is 64.6 Å². The average Bonchev–Trinajstić information content (AvgIpc) is 3.29. The number of hydrogen-bond acceptors (Lipinski definition) is 6. The smallest absolute Gasteiger partial charge is 0.226 e. The largest absolute Gasteiger partial charge is 0.356 e. The number of nitrogens with zero attached hydrogens (tertiary/aromatic N) is 3. The first-order valence-electron chi connectivity index (χ1n) is 8.57. The van der Waals surface area contributed by atoms with E-state index in [2.05, 4.69) is 20.4 Å². The van der Waals surface area contributed by atoms with Gasteiger partial charge < -0.3 is 9.84 Å². The molecule has 4 rings (SSSR count). The second-order valence-electron chi connectivity index (χ2n) is 6.43. The zero-order valence-corrected chi connectivity index (χ0v) is 15.8. The number of amides is 1. The molecule has 0 aliphatic rings. The first-order chi connectivity index (χ1) is 13.1. The summed E-state index contributed by atoms with van der Waals surface area (Å²) in [6, 6.07) is 7.89. The molecule has 1 aromatic carbocycles. The van der Waals surface area contributed by atoms with E-state index in [0.717, 1.165) is 38.4 Å². The lowest BCUT2D eigenvalue weighted by Crippen LogP contribution is -2.24. The number of pyridine rings is 1. The third kappa shape index (κ3) is 3.73. The van der Waals surface area contributed by atoms with Gasteiger partial charge in [-0.25, -0.2) is 4.98 Å². The Labute approximate surface area is 160 Å². The second kappa shape index (κ2) is 7.28. The molecule has 3 aromatic heterocycles. The molecule has 136 valence electrons. The highest BCUT2D eigenvalue weighted by atomic mass is 32.1. The predicted molar refractivity (Wildman–Crippen MR) is 104 cm³/mol. The number of fused-ring (bicyclic) bond motifs is 1. The van der Waals surface area contributed by atoms with Crippen LogP contribution < -0.4 is 5.32 Å². The molecule has 0 aliphatic heterocycles. The summed E-state index contributed by atoms with van der Waals surface area (Å²) >= 11 is 1.53. The van der Waals surface area contributed by atoms with Crippen molar-refractivity contribution in [1.29, 1.82) is 0 Å². The van der Waals surface area contributed by atoms with Gasteiger partial charge in [-0.3, -0.25) is 9.78 Å². The Kier molecular flexibility index (Phi) is 4.68. The van der Waals surface area contributed by atoms with Crippen LogP contribution in [0.25, 0.3) is 21.5 Å². The van der Waals surface area contributed by atoms with Crippen LogP contribution in [0.3, 0.4) is 0 Å². The van der Waals surface area contributed by atoms with Crippen LogP contribution in [0.1, 0.15) is 22.5 Å². The molecule has 0 radical (unpaired) electrons. The Morgan fingerprint density at radius 1 is 1.30 bits per heavy atom. The number of nitrogens with one attached hydrogen (secondary N) is 1. The Morgan fingerprint density at radius 2 is 2.19 bits per heavy atom. The minimum absolute atomic E-state index is 0.111. The topological polar surface area (TPSA) is 80.9 Å². The fourth-order valence-corrected chi connectivity index (χ4v) is 3.79. The number of carbonyl (C=O) groups is 1. The maximum atomic E-state index is 12.3. The Hall–Kier alpha value is -3.06. The van der Waals surface area contributed by atoms with E-state index in [-0.39, 0.29) is 12.3 Å². The maximum absolute atomic E-state index is 12.3. The van der Waals surface area contributed by atoms with Crippen LogP contribution >= 0.6 is 11.3 Å². The van der Waals surface area contributed by atoms with Gasteiger partial charge in [0.05, 0.1) is 18.7 Å². The highest BCUT2D eigenvalue weighted by Crippen LogP contribution is 2.24. The SMILES string of the molecule is Cc1cc(C)c2onc(CC(=O)NCc3csc(-c4cccnc4)n3)c2c1. The van der Waals surface area contributed by atoms with Crippen LogP contribution in [0.4, 0.5) is 0 Å². The Bertz CT molecular complexity index is 1100. The summed E-state index contributed by atoms with van der Waals surface area (Å²) in [5, 5.41) is 10.7. The lowest BCUT2D eigenvalue weighted by atomic mass is 10.1. The highest BCUT2D eigenvalue weighted by Gasteiger charge is 2.15. The van der Waals surface area contributed by atoms with Crippen LogP contribution in [0.5, 0.6) is 0 Å². The molecule has 3 heterocycles. The van der Waals surface area contributed by atoms with Crippen molar-refractivity contribution in [3.8, 4) is 10.6 Å². The van der Waals surface area contributed by atoms with E-state index in [1.807, 2.05) is 43.5 Å². The summed E-state index contributed by atoms with van der Waals surface area (Å²) in [7, 11) is 0. The lowest BCUT2D eigenvalue weighted by Gasteiger charge is -2.02. The van der Waals surface area contributed by atoms with Gasteiger partial charge in [-0.1, -0.05) is 11.2 Å². The summed E-state index contributed by atoms with van der Waals surface area (Å²) in [5.74, 6) is -0.111. The van der Waals surface area contributed by atoms with Crippen molar-refractivity contribution in [1.82, 2.24) is 20.4 Å². The van der Waals surface area contributed by atoms with E-state index in [4.69, 9.17) is 4.52 Å². The maximum Gasteiger partial charge on any atom is 0.226 e. The van der Waals surface area contributed by atoms with Gasteiger partial charge in [-0.05, 0) is 43.2 Å². The van der Waals surface area contributed by atoms with Crippen molar-refractivity contribution in [3.63, 3.8) is 0 Å². The normalized spacial score (nSPS) is 11.0. The third-order valence-corrected chi connectivity index (χ3v) is 5.17. The zero-order chi connectivity index (χ0) is 18.8. The highest BCUT2D eigenvalue weighted by molar-refractivity contribution is 7.13. The van der Waals surface area contributed by atoms with E-state index in [1.54, 1.807) is 12.4 Å². The van der Waals surface area contributed by atoms with Crippen molar-refractivity contribution >= 4 is 28.2 Å². The molecule has 0 spiro atoms. The van der Waals surface area contributed by atoms with Crippen molar-refractivity contribution in [2.24, 2.45) is 0 Å². The molecular formula is C20H18N4O2S. The molecule has 0 atom stereocenters. The summed E-state index contributed by atoms with van der Waals surface area (Å²) in [5.41, 5.74) is 5.33. The van der Waals surface area contributed by atoms with Gasteiger partial charge in [0.2, 0.25) is 5.91 Å². The first-order valence-corrected chi connectivity index (χ1v) is 9.45. The van der Waals surface area contributed by atoms with E-state index >= 15 is 0 Å². The van der Waals surface area contributed by atoms with Gasteiger partial charge in [0, 0.05) is 28.7 Å². The molecular weight excluding hydrogens is 360 g/mol. The minimum atomic E-state index is -0.111. The monoisotopic (exact) mass is 378 g/mol. The van der Waals surface area contributed by atoms with Crippen LogP contribution in [0, 0.1) is 13.8 Å². The number of hydrogen-bond donors (Lipinski definition) is 1. The molecule has 0 saturated carbocycles. The molecule has 1 N–H and O–H groups in total. The van der Waals surface area contributed by atoms with Gasteiger partial charge in [-0.15, -0.1) is 11.3 Å². The number of thiazole rings is 1. The molecule has 0 unspecified atom stereocenters. The number of aryl methyl sites for hydroxylation is 2. The van der Waals surface area contributed by atoms with E-state index < -0.39 is 0 Å². The number of benzene rings is 1. The Balaban J connectivity index is 1.41. The second-order valence-corrected chi connectivity index (χ2v) is 7.29. The standard InChI is InChI=1S/C20H18N4O2S/c1-12-6-13(2)19-16(7-12)17(24-26-19)8-18(25)22-10-15-11-27-20(23-15)14-4-3-5-21-9-14/h3-7,9,11H,8,10H2,1-2H3,(H,22,25).